The summed E-state index contributed by atoms with van der Waals surface area (Å²) in [5.74, 6) is -0.253. The summed E-state index contributed by atoms with van der Waals surface area (Å²) in [5, 5.41) is 17.8. The zero-order chi connectivity index (χ0) is 10.1. The van der Waals surface area contributed by atoms with Gasteiger partial charge in [-0.1, -0.05) is 0 Å². The number of hydrogen-bond acceptors (Lipinski definition) is 4. The fraction of sp³-hybridized carbons (Fsp3) is 0.889. The molecule has 1 heterocycles. The zero-order valence-electron chi connectivity index (χ0n) is 7.99. The van der Waals surface area contributed by atoms with Gasteiger partial charge in [-0.15, -0.1) is 0 Å². The Balaban J connectivity index is 2.51. The van der Waals surface area contributed by atoms with Crippen LogP contribution in [0.15, 0.2) is 0 Å². The van der Waals surface area contributed by atoms with Crippen LogP contribution in [0.1, 0.15) is 20.3 Å². The summed E-state index contributed by atoms with van der Waals surface area (Å²) in [6.45, 7) is 3.49. The van der Waals surface area contributed by atoms with E-state index in [1.54, 1.807) is 13.8 Å². The van der Waals surface area contributed by atoms with Crippen LogP contribution in [0.4, 0.5) is 0 Å². The first-order chi connectivity index (χ1) is 5.97. The lowest BCUT2D eigenvalue weighted by molar-refractivity contribution is -0.130. The monoisotopic (exact) mass is 188 g/mol. The van der Waals surface area contributed by atoms with E-state index in [1.807, 2.05) is 0 Å². The maximum absolute atomic E-state index is 11.6. The van der Waals surface area contributed by atoms with E-state index in [-0.39, 0.29) is 18.3 Å². The van der Waals surface area contributed by atoms with Crippen LogP contribution in [0.25, 0.3) is 0 Å². The van der Waals surface area contributed by atoms with Crippen molar-refractivity contribution in [1.29, 1.82) is 0 Å². The van der Waals surface area contributed by atoms with Crippen molar-refractivity contribution in [3.63, 3.8) is 0 Å². The van der Waals surface area contributed by atoms with Gasteiger partial charge in [-0.3, -0.25) is 4.79 Å². The van der Waals surface area contributed by atoms with Crippen molar-refractivity contribution in [2.24, 2.45) is 5.92 Å². The molecule has 0 aromatic heterocycles. The standard InChI is InChI=1S/C9H16O4/c1-9(2)8(12)6(5-13-9)3-7(11)4-10/h6-7,10-11H,3-5H2,1-2H3. The lowest BCUT2D eigenvalue weighted by Crippen LogP contribution is -2.31. The van der Waals surface area contributed by atoms with Crippen LogP contribution < -0.4 is 0 Å². The van der Waals surface area contributed by atoms with Crippen LogP contribution in [-0.2, 0) is 9.53 Å². The molecule has 0 aromatic carbocycles. The van der Waals surface area contributed by atoms with E-state index in [0.717, 1.165) is 0 Å². The van der Waals surface area contributed by atoms with Gasteiger partial charge < -0.3 is 14.9 Å². The number of rotatable bonds is 3. The second-order valence-corrected chi connectivity index (χ2v) is 3.95. The lowest BCUT2D eigenvalue weighted by Gasteiger charge is -2.15. The molecule has 1 rings (SSSR count). The summed E-state index contributed by atoms with van der Waals surface area (Å²) >= 11 is 0. The highest BCUT2D eigenvalue weighted by Gasteiger charge is 2.42. The van der Waals surface area contributed by atoms with Crippen LogP contribution in [0, 0.1) is 5.92 Å². The molecule has 2 atom stereocenters. The normalized spacial score (nSPS) is 29.2. The summed E-state index contributed by atoms with van der Waals surface area (Å²) in [6.07, 6.45) is -0.523. The predicted molar refractivity (Wildman–Crippen MR) is 46.2 cm³/mol. The Kier molecular flexibility index (Phi) is 3.05. The predicted octanol–water partition coefficient (Wildman–Crippen LogP) is -0.276. The van der Waals surface area contributed by atoms with E-state index in [0.29, 0.717) is 13.0 Å². The summed E-state index contributed by atoms with van der Waals surface area (Å²) < 4.78 is 5.27. The number of aliphatic hydroxyl groups excluding tert-OH is 2. The van der Waals surface area contributed by atoms with E-state index in [2.05, 4.69) is 0 Å². The maximum Gasteiger partial charge on any atom is 0.169 e. The first kappa shape index (κ1) is 10.6. The van der Waals surface area contributed by atoms with Crippen molar-refractivity contribution < 1.29 is 19.7 Å². The molecule has 0 amide bonds. The molecule has 2 N–H and O–H groups in total. The van der Waals surface area contributed by atoms with Crippen molar-refractivity contribution >= 4 is 5.78 Å². The van der Waals surface area contributed by atoms with Gasteiger partial charge in [-0.2, -0.15) is 0 Å². The first-order valence-corrected chi connectivity index (χ1v) is 4.44. The number of ether oxygens (including phenoxy) is 1. The van der Waals surface area contributed by atoms with E-state index < -0.39 is 11.7 Å². The maximum atomic E-state index is 11.6. The summed E-state index contributed by atoms with van der Waals surface area (Å²) in [7, 11) is 0. The Hall–Kier alpha value is -0.450. The molecule has 4 nitrogen and oxygen atoms in total. The average molecular weight is 188 g/mol. The quantitative estimate of drug-likeness (QED) is 0.639. The van der Waals surface area contributed by atoms with Gasteiger partial charge in [0.25, 0.3) is 0 Å². The van der Waals surface area contributed by atoms with Crippen LogP contribution >= 0.6 is 0 Å². The molecule has 0 saturated carbocycles. The van der Waals surface area contributed by atoms with E-state index in [4.69, 9.17) is 14.9 Å². The lowest BCUT2D eigenvalue weighted by atomic mass is 9.92. The number of carbonyl (C=O) groups is 1. The molecule has 0 aliphatic carbocycles. The molecular formula is C9H16O4. The van der Waals surface area contributed by atoms with Gasteiger partial charge in [-0.25, -0.2) is 0 Å². The van der Waals surface area contributed by atoms with E-state index >= 15 is 0 Å². The van der Waals surface area contributed by atoms with Crippen LogP contribution in [0.2, 0.25) is 0 Å². The average Bonchev–Trinajstić information content (AvgIpc) is 2.32. The molecule has 0 radical (unpaired) electrons. The number of ketones is 1. The minimum atomic E-state index is -0.813. The summed E-state index contributed by atoms with van der Waals surface area (Å²) in [6, 6.07) is 0. The summed E-state index contributed by atoms with van der Waals surface area (Å²) in [5.41, 5.74) is -0.722. The van der Waals surface area contributed by atoms with E-state index in [1.165, 1.54) is 0 Å². The highest BCUT2D eigenvalue weighted by Crippen LogP contribution is 2.28. The van der Waals surface area contributed by atoms with Gasteiger partial charge in [0.05, 0.1) is 19.3 Å². The van der Waals surface area contributed by atoms with Crippen LogP contribution in [0.5, 0.6) is 0 Å². The fourth-order valence-electron chi connectivity index (χ4n) is 1.53. The second kappa shape index (κ2) is 3.74. The molecule has 0 aromatic rings. The topological polar surface area (TPSA) is 66.8 Å². The number of aliphatic hydroxyl groups is 2. The van der Waals surface area contributed by atoms with Gasteiger partial charge in [0.15, 0.2) is 5.78 Å². The van der Waals surface area contributed by atoms with Crippen LogP contribution in [-0.4, -0.2) is 40.9 Å². The highest BCUT2D eigenvalue weighted by atomic mass is 16.5. The third-order valence-corrected chi connectivity index (χ3v) is 2.38. The summed E-state index contributed by atoms with van der Waals surface area (Å²) in [4.78, 5) is 11.6. The Morgan fingerprint density at radius 1 is 1.69 bits per heavy atom. The molecule has 1 aliphatic rings. The van der Waals surface area contributed by atoms with Crippen LogP contribution in [0.3, 0.4) is 0 Å². The van der Waals surface area contributed by atoms with Gasteiger partial charge >= 0.3 is 0 Å². The molecule has 76 valence electrons. The third kappa shape index (κ3) is 2.27. The van der Waals surface area contributed by atoms with Crippen molar-refractivity contribution in [1.82, 2.24) is 0 Å². The zero-order valence-corrected chi connectivity index (χ0v) is 7.99. The van der Waals surface area contributed by atoms with Gasteiger partial charge in [-0.05, 0) is 20.3 Å². The fourth-order valence-corrected chi connectivity index (χ4v) is 1.53. The van der Waals surface area contributed by atoms with Gasteiger partial charge in [0.1, 0.15) is 5.60 Å². The van der Waals surface area contributed by atoms with Crippen molar-refractivity contribution in [3.8, 4) is 0 Å². The smallest absolute Gasteiger partial charge is 0.169 e. The highest BCUT2D eigenvalue weighted by molar-refractivity contribution is 5.90. The molecule has 1 fully saturated rings. The molecule has 1 aliphatic heterocycles. The Morgan fingerprint density at radius 2 is 2.31 bits per heavy atom. The molecule has 0 bridgehead atoms. The Labute approximate surface area is 77.5 Å². The number of carbonyl (C=O) groups excluding carboxylic acids is 1. The van der Waals surface area contributed by atoms with Crippen molar-refractivity contribution in [2.75, 3.05) is 13.2 Å². The number of hydrogen-bond donors (Lipinski definition) is 2. The Bertz CT molecular complexity index is 200. The van der Waals surface area contributed by atoms with Crippen molar-refractivity contribution in [2.45, 2.75) is 32.0 Å². The third-order valence-electron chi connectivity index (χ3n) is 2.38. The second-order valence-electron chi connectivity index (χ2n) is 3.95. The first-order valence-electron chi connectivity index (χ1n) is 4.44. The molecule has 1 saturated heterocycles. The minimum Gasteiger partial charge on any atom is -0.394 e. The molecular weight excluding hydrogens is 172 g/mol. The van der Waals surface area contributed by atoms with E-state index in [9.17, 15) is 4.79 Å². The largest absolute Gasteiger partial charge is 0.394 e. The number of Topliss-reactive ketones (excluding diaryl/α,β-unsaturated/α-hetero) is 1. The van der Waals surface area contributed by atoms with Crippen molar-refractivity contribution in [3.05, 3.63) is 0 Å². The Morgan fingerprint density at radius 3 is 2.69 bits per heavy atom. The molecule has 13 heavy (non-hydrogen) atoms. The SMILES string of the molecule is CC1(C)OCC(CC(O)CO)C1=O. The van der Waals surface area contributed by atoms with Gasteiger partial charge in [0, 0.05) is 5.92 Å². The molecule has 2 unspecified atom stereocenters. The molecule has 4 heteroatoms. The minimum absolute atomic E-state index is 0.0139. The molecule has 0 spiro atoms. The van der Waals surface area contributed by atoms with Gasteiger partial charge in [0.2, 0.25) is 0 Å².